The van der Waals surface area contributed by atoms with Crippen molar-refractivity contribution in [2.45, 2.75) is 76.1 Å². The zero-order chi connectivity index (χ0) is 22.3. The van der Waals surface area contributed by atoms with E-state index in [2.05, 4.69) is 41.2 Å². The van der Waals surface area contributed by atoms with Crippen LogP contribution in [0.15, 0.2) is 29.4 Å². The number of hydrogen-bond acceptors (Lipinski definition) is 5. The average Bonchev–Trinajstić information content (AvgIpc) is 3.39. The first kappa shape index (κ1) is 21.7. The zero-order valence-electron chi connectivity index (χ0n) is 19.0. The molecule has 1 amide bonds. The van der Waals surface area contributed by atoms with Gasteiger partial charge in [0, 0.05) is 49.9 Å². The van der Waals surface area contributed by atoms with Gasteiger partial charge < -0.3 is 14.9 Å². The summed E-state index contributed by atoms with van der Waals surface area (Å²) in [6, 6.07) is 8.46. The molecule has 1 saturated carbocycles. The molecule has 4 aliphatic rings. The van der Waals surface area contributed by atoms with E-state index in [0.717, 1.165) is 43.7 Å². The number of rotatable bonds is 5. The summed E-state index contributed by atoms with van der Waals surface area (Å²) < 4.78 is 13.4. The molecule has 0 bridgehead atoms. The van der Waals surface area contributed by atoms with Gasteiger partial charge in [0.2, 0.25) is 5.91 Å². The Balaban J connectivity index is 1.18. The molecule has 1 aromatic carbocycles. The molecule has 1 atom stereocenters. The fourth-order valence-corrected chi connectivity index (χ4v) is 5.37. The van der Waals surface area contributed by atoms with Gasteiger partial charge in [-0.15, -0.1) is 0 Å². The second-order valence-corrected chi connectivity index (χ2v) is 10.5. The molecular weight excluding hydrogens is 407 g/mol. The van der Waals surface area contributed by atoms with Crippen molar-refractivity contribution in [1.29, 1.82) is 0 Å². The van der Waals surface area contributed by atoms with E-state index in [1.165, 1.54) is 0 Å². The van der Waals surface area contributed by atoms with Gasteiger partial charge in [0.05, 0.1) is 17.3 Å². The standard InChI is InChI=1S/C25H35FN4O2/c1-24(9-10-24)23(31)29-16-11-25(32,12-17-29)18-22-6-13-27-30(22)21-4-2-20(3-5-21)28-14-7-19(26)8-15-28/h2-5,13,19,22,32H,6-12,14-18H2,1H3. The van der Waals surface area contributed by atoms with E-state index >= 15 is 0 Å². The summed E-state index contributed by atoms with van der Waals surface area (Å²) in [7, 11) is 0. The van der Waals surface area contributed by atoms with Crippen LogP contribution in [-0.2, 0) is 4.79 Å². The zero-order valence-corrected chi connectivity index (χ0v) is 19.0. The molecule has 174 valence electrons. The first-order valence-corrected chi connectivity index (χ1v) is 12.2. The Morgan fingerprint density at radius 2 is 1.69 bits per heavy atom. The normalized spacial score (nSPS) is 27.1. The summed E-state index contributed by atoms with van der Waals surface area (Å²) in [5.74, 6) is 0.265. The Bertz CT molecular complexity index is 853. The number of aliphatic hydroxyl groups is 1. The van der Waals surface area contributed by atoms with Crippen molar-refractivity contribution < 1.29 is 14.3 Å². The van der Waals surface area contributed by atoms with Gasteiger partial charge in [-0.1, -0.05) is 6.92 Å². The van der Waals surface area contributed by atoms with E-state index < -0.39 is 11.8 Å². The van der Waals surface area contributed by atoms with Crippen LogP contribution in [0.1, 0.15) is 58.3 Å². The van der Waals surface area contributed by atoms with Gasteiger partial charge in [-0.2, -0.15) is 5.10 Å². The van der Waals surface area contributed by atoms with Crippen LogP contribution in [0.25, 0.3) is 0 Å². The van der Waals surface area contributed by atoms with Crippen LogP contribution >= 0.6 is 0 Å². The summed E-state index contributed by atoms with van der Waals surface area (Å²) in [4.78, 5) is 16.8. The lowest BCUT2D eigenvalue weighted by atomic mass is 9.84. The number of anilines is 2. The number of carbonyl (C=O) groups is 1. The molecule has 2 saturated heterocycles. The maximum Gasteiger partial charge on any atom is 0.228 e. The molecule has 3 fully saturated rings. The van der Waals surface area contributed by atoms with Gasteiger partial charge in [0.25, 0.3) is 0 Å². The summed E-state index contributed by atoms with van der Waals surface area (Å²) in [6.45, 7) is 4.86. The predicted molar refractivity (Wildman–Crippen MR) is 125 cm³/mol. The van der Waals surface area contributed by atoms with Crippen LogP contribution < -0.4 is 9.91 Å². The second kappa shape index (κ2) is 8.32. The average molecular weight is 443 g/mol. The van der Waals surface area contributed by atoms with Gasteiger partial charge in [-0.05, 0) is 69.2 Å². The smallest absolute Gasteiger partial charge is 0.228 e. The molecule has 1 aliphatic carbocycles. The number of hydrazone groups is 1. The van der Waals surface area contributed by atoms with Crippen LogP contribution in [0.2, 0.25) is 0 Å². The highest BCUT2D eigenvalue weighted by atomic mass is 19.1. The SMILES string of the molecule is CC1(C(=O)N2CCC(O)(CC3CC=NN3c3ccc(N4CCC(F)CC4)cc3)CC2)CC1. The summed E-state index contributed by atoms with van der Waals surface area (Å²) >= 11 is 0. The number of carbonyl (C=O) groups excluding carboxylic acids is 1. The van der Waals surface area contributed by atoms with E-state index in [9.17, 15) is 14.3 Å². The molecule has 5 rings (SSSR count). The summed E-state index contributed by atoms with van der Waals surface area (Å²) in [5, 5.41) is 17.9. The van der Waals surface area contributed by atoms with Crippen molar-refractivity contribution in [1.82, 2.24) is 4.90 Å². The van der Waals surface area contributed by atoms with Crippen molar-refractivity contribution in [2.24, 2.45) is 10.5 Å². The molecule has 1 N–H and O–H groups in total. The minimum atomic E-state index is -0.755. The highest BCUT2D eigenvalue weighted by molar-refractivity contribution is 5.85. The molecule has 0 aromatic heterocycles. The lowest BCUT2D eigenvalue weighted by molar-refractivity contribution is -0.140. The topological polar surface area (TPSA) is 59.4 Å². The van der Waals surface area contributed by atoms with Gasteiger partial charge in [-0.3, -0.25) is 9.80 Å². The minimum Gasteiger partial charge on any atom is -0.390 e. The van der Waals surface area contributed by atoms with Crippen molar-refractivity contribution in [3.63, 3.8) is 0 Å². The molecule has 1 aromatic rings. The Hall–Kier alpha value is -2.15. The number of benzene rings is 1. The van der Waals surface area contributed by atoms with Crippen LogP contribution in [0.5, 0.6) is 0 Å². The second-order valence-electron chi connectivity index (χ2n) is 10.5. The lowest BCUT2D eigenvalue weighted by Gasteiger charge is -2.41. The number of halogens is 1. The summed E-state index contributed by atoms with van der Waals surface area (Å²) in [5.41, 5.74) is 1.25. The third-order valence-corrected chi connectivity index (χ3v) is 7.95. The largest absolute Gasteiger partial charge is 0.390 e. The fraction of sp³-hybridized carbons (Fsp3) is 0.680. The molecule has 3 heterocycles. The summed E-state index contributed by atoms with van der Waals surface area (Å²) in [6.07, 6.45) is 7.17. The Morgan fingerprint density at radius 1 is 1.06 bits per heavy atom. The van der Waals surface area contributed by atoms with E-state index in [1.54, 1.807) is 0 Å². The van der Waals surface area contributed by atoms with E-state index in [4.69, 9.17) is 0 Å². The number of amides is 1. The molecule has 0 radical (unpaired) electrons. The number of nitrogens with zero attached hydrogens (tertiary/aromatic N) is 4. The third kappa shape index (κ3) is 4.36. The van der Waals surface area contributed by atoms with Gasteiger partial charge in [-0.25, -0.2) is 4.39 Å². The van der Waals surface area contributed by atoms with Crippen LogP contribution in [0.3, 0.4) is 0 Å². The molecule has 0 spiro atoms. The first-order chi connectivity index (χ1) is 15.4. The van der Waals surface area contributed by atoms with Crippen LogP contribution in [0.4, 0.5) is 15.8 Å². The molecule has 7 heteroatoms. The van der Waals surface area contributed by atoms with Crippen molar-refractivity contribution in [3.8, 4) is 0 Å². The predicted octanol–water partition coefficient (Wildman–Crippen LogP) is 3.73. The molecule has 32 heavy (non-hydrogen) atoms. The first-order valence-electron chi connectivity index (χ1n) is 12.2. The van der Waals surface area contributed by atoms with Crippen molar-refractivity contribution in [2.75, 3.05) is 36.1 Å². The van der Waals surface area contributed by atoms with Gasteiger partial charge >= 0.3 is 0 Å². The van der Waals surface area contributed by atoms with E-state index in [0.29, 0.717) is 45.2 Å². The number of piperidine rings is 2. The fourth-order valence-electron chi connectivity index (χ4n) is 5.37. The Morgan fingerprint density at radius 3 is 2.31 bits per heavy atom. The number of hydrogen-bond donors (Lipinski definition) is 1. The van der Waals surface area contributed by atoms with Crippen molar-refractivity contribution in [3.05, 3.63) is 24.3 Å². The molecular formula is C25H35FN4O2. The van der Waals surface area contributed by atoms with Crippen LogP contribution in [-0.4, -0.2) is 66.1 Å². The van der Waals surface area contributed by atoms with E-state index in [-0.39, 0.29) is 17.4 Å². The molecule has 6 nitrogen and oxygen atoms in total. The maximum atomic E-state index is 13.4. The van der Waals surface area contributed by atoms with Crippen molar-refractivity contribution >= 4 is 23.5 Å². The quantitative estimate of drug-likeness (QED) is 0.755. The van der Waals surface area contributed by atoms with Gasteiger partial charge in [0.1, 0.15) is 6.17 Å². The lowest BCUT2D eigenvalue weighted by Crippen LogP contribution is -2.50. The monoisotopic (exact) mass is 442 g/mol. The number of alkyl halides is 1. The molecule has 3 aliphatic heterocycles. The maximum absolute atomic E-state index is 13.4. The minimum absolute atomic E-state index is 0.122. The van der Waals surface area contributed by atoms with Gasteiger partial charge in [0.15, 0.2) is 0 Å². The molecule has 1 unspecified atom stereocenters. The Kier molecular flexibility index (Phi) is 5.64. The highest BCUT2D eigenvalue weighted by Gasteiger charge is 2.48. The van der Waals surface area contributed by atoms with E-state index in [1.807, 2.05) is 16.1 Å². The number of likely N-dealkylation sites (tertiary alicyclic amines) is 1. The highest BCUT2D eigenvalue weighted by Crippen LogP contribution is 2.47. The Labute approximate surface area is 190 Å². The van der Waals surface area contributed by atoms with Crippen LogP contribution in [0, 0.1) is 5.41 Å². The third-order valence-electron chi connectivity index (χ3n) is 7.95.